The molecule has 0 radical (unpaired) electrons. The molecule has 0 aliphatic carbocycles. The molecule has 1 aromatic carbocycles. The predicted molar refractivity (Wildman–Crippen MR) is 44.5 cm³/mol. The van der Waals surface area contributed by atoms with Crippen LogP contribution in [0.5, 0.6) is 5.75 Å². The van der Waals surface area contributed by atoms with Crippen molar-refractivity contribution in [3.63, 3.8) is 0 Å². The molecule has 0 bridgehead atoms. The minimum atomic E-state index is -1.21. The minimum absolute atomic E-state index is 0.167. The van der Waals surface area contributed by atoms with Gasteiger partial charge in [0.2, 0.25) is 0 Å². The molecular weight excluding hydrogens is 170 g/mol. The first-order chi connectivity index (χ1) is 6.06. The highest BCUT2D eigenvalue weighted by molar-refractivity contribution is 5.91. The van der Waals surface area contributed by atoms with E-state index in [1.807, 2.05) is 0 Å². The van der Waals surface area contributed by atoms with Crippen LogP contribution in [0.4, 0.5) is 0 Å². The number of hydrogen-bond donors (Lipinski definition) is 2. The number of carbonyl (C=O) groups is 1. The summed E-state index contributed by atoms with van der Waals surface area (Å²) in [5.74, 6) is -1.50. The van der Waals surface area contributed by atoms with Crippen molar-refractivity contribution in [2.24, 2.45) is 0 Å². The first kappa shape index (κ1) is 9.07. The average Bonchev–Trinajstić information content (AvgIpc) is 2.02. The molecule has 0 saturated heterocycles. The number of benzene rings is 1. The van der Waals surface area contributed by atoms with Crippen LogP contribution in [0.2, 0.25) is 0 Å². The molecule has 0 saturated carbocycles. The van der Waals surface area contributed by atoms with Crippen molar-refractivity contribution >= 4 is 5.97 Å². The Bertz CT molecular complexity index is 404. The number of rotatable bonds is 1. The number of carboxylic acids is 1. The van der Waals surface area contributed by atoms with Crippen molar-refractivity contribution in [1.82, 2.24) is 0 Å². The van der Waals surface area contributed by atoms with Gasteiger partial charge in [-0.15, -0.1) is 0 Å². The van der Waals surface area contributed by atoms with Crippen molar-refractivity contribution in [2.75, 3.05) is 0 Å². The molecule has 1 aromatic rings. The Labute approximate surface area is 74.7 Å². The van der Waals surface area contributed by atoms with Crippen LogP contribution in [0, 0.1) is 18.3 Å². The van der Waals surface area contributed by atoms with Crippen LogP contribution >= 0.6 is 0 Å². The number of phenols is 1. The lowest BCUT2D eigenvalue weighted by Gasteiger charge is -2.02. The standard InChI is InChI=1S/C9H7NO3/c1-5-2-6(9(12)13)7(4-10)8(11)3-5/h2-3,11H,1H3,(H,12,13). The van der Waals surface area contributed by atoms with Crippen LogP contribution in [-0.2, 0) is 0 Å². The van der Waals surface area contributed by atoms with E-state index in [0.717, 1.165) is 0 Å². The zero-order valence-electron chi connectivity index (χ0n) is 6.90. The van der Waals surface area contributed by atoms with Crippen molar-refractivity contribution in [3.8, 4) is 11.8 Å². The van der Waals surface area contributed by atoms with Gasteiger partial charge >= 0.3 is 5.97 Å². The summed E-state index contributed by atoms with van der Waals surface area (Å²) in [4.78, 5) is 10.6. The van der Waals surface area contributed by atoms with Gasteiger partial charge in [-0.3, -0.25) is 0 Å². The summed E-state index contributed by atoms with van der Waals surface area (Å²) in [6.45, 7) is 1.65. The summed E-state index contributed by atoms with van der Waals surface area (Å²) >= 11 is 0. The van der Waals surface area contributed by atoms with Crippen LogP contribution in [0.1, 0.15) is 21.5 Å². The maximum Gasteiger partial charge on any atom is 0.337 e. The number of nitrogens with zero attached hydrogens (tertiary/aromatic N) is 1. The van der Waals surface area contributed by atoms with Gasteiger partial charge in [-0.05, 0) is 24.6 Å². The third-order valence-corrected chi connectivity index (χ3v) is 1.60. The van der Waals surface area contributed by atoms with Crippen molar-refractivity contribution < 1.29 is 15.0 Å². The lowest BCUT2D eigenvalue weighted by molar-refractivity contribution is 0.0696. The normalized spacial score (nSPS) is 9.23. The predicted octanol–water partition coefficient (Wildman–Crippen LogP) is 1.27. The van der Waals surface area contributed by atoms with Gasteiger partial charge in [-0.25, -0.2) is 4.79 Å². The molecule has 4 heteroatoms. The highest BCUT2D eigenvalue weighted by Crippen LogP contribution is 2.22. The molecule has 0 aromatic heterocycles. The highest BCUT2D eigenvalue weighted by Gasteiger charge is 2.14. The first-order valence-electron chi connectivity index (χ1n) is 3.53. The second-order valence-electron chi connectivity index (χ2n) is 2.62. The fraction of sp³-hybridized carbons (Fsp3) is 0.111. The van der Waals surface area contributed by atoms with Crippen LogP contribution in [0.25, 0.3) is 0 Å². The summed E-state index contributed by atoms with van der Waals surface area (Å²) in [5, 5.41) is 26.5. The van der Waals surface area contributed by atoms with E-state index in [1.165, 1.54) is 12.1 Å². The average molecular weight is 177 g/mol. The summed E-state index contributed by atoms with van der Waals surface area (Å²) in [6, 6.07) is 4.34. The Morgan fingerprint density at radius 2 is 2.15 bits per heavy atom. The van der Waals surface area contributed by atoms with E-state index in [1.54, 1.807) is 13.0 Å². The van der Waals surface area contributed by atoms with Crippen LogP contribution < -0.4 is 0 Å². The second kappa shape index (κ2) is 3.15. The molecule has 0 atom stereocenters. The molecule has 0 aliphatic heterocycles. The fourth-order valence-electron chi connectivity index (χ4n) is 1.05. The maximum atomic E-state index is 10.6. The number of nitriles is 1. The Kier molecular flexibility index (Phi) is 2.20. The van der Waals surface area contributed by atoms with Gasteiger partial charge in [0, 0.05) is 0 Å². The zero-order valence-corrected chi connectivity index (χ0v) is 6.90. The number of phenolic OH excluding ortho intramolecular Hbond substituents is 1. The van der Waals surface area contributed by atoms with E-state index < -0.39 is 5.97 Å². The molecule has 2 N–H and O–H groups in total. The van der Waals surface area contributed by atoms with E-state index >= 15 is 0 Å². The highest BCUT2D eigenvalue weighted by atomic mass is 16.4. The smallest absolute Gasteiger partial charge is 0.337 e. The van der Waals surface area contributed by atoms with Gasteiger partial charge in [0.25, 0.3) is 0 Å². The van der Waals surface area contributed by atoms with Crippen LogP contribution in [0.15, 0.2) is 12.1 Å². The molecule has 0 unspecified atom stereocenters. The third kappa shape index (κ3) is 1.59. The molecule has 13 heavy (non-hydrogen) atoms. The van der Waals surface area contributed by atoms with Crippen molar-refractivity contribution in [2.45, 2.75) is 6.92 Å². The number of aromatic hydroxyl groups is 1. The Hall–Kier alpha value is -2.02. The molecule has 0 fully saturated rings. The van der Waals surface area contributed by atoms with Crippen molar-refractivity contribution in [1.29, 1.82) is 5.26 Å². The lowest BCUT2D eigenvalue weighted by atomic mass is 10.0. The van der Waals surface area contributed by atoms with Gasteiger partial charge in [0.05, 0.1) is 5.56 Å². The van der Waals surface area contributed by atoms with Gasteiger partial charge in [-0.1, -0.05) is 0 Å². The molecule has 4 nitrogen and oxygen atoms in total. The Morgan fingerprint density at radius 1 is 1.54 bits per heavy atom. The van der Waals surface area contributed by atoms with E-state index in [4.69, 9.17) is 10.4 Å². The summed E-state index contributed by atoms with van der Waals surface area (Å²) in [5.41, 5.74) is 0.243. The van der Waals surface area contributed by atoms with E-state index in [9.17, 15) is 9.90 Å². The SMILES string of the molecule is Cc1cc(O)c(C#N)c(C(=O)O)c1. The molecule has 0 heterocycles. The second-order valence-corrected chi connectivity index (χ2v) is 2.62. The molecular formula is C9H7NO3. The lowest BCUT2D eigenvalue weighted by Crippen LogP contribution is -2.00. The number of aryl methyl sites for hydroxylation is 1. The first-order valence-corrected chi connectivity index (χ1v) is 3.53. The topological polar surface area (TPSA) is 81.3 Å². The van der Waals surface area contributed by atoms with Crippen LogP contribution in [-0.4, -0.2) is 16.2 Å². The summed E-state index contributed by atoms with van der Waals surface area (Å²) in [7, 11) is 0. The quantitative estimate of drug-likeness (QED) is 0.676. The zero-order chi connectivity index (χ0) is 10.0. The summed E-state index contributed by atoms with van der Waals surface area (Å²) in [6.07, 6.45) is 0. The molecule has 0 spiro atoms. The molecule has 1 rings (SSSR count). The summed E-state index contributed by atoms with van der Waals surface area (Å²) < 4.78 is 0. The largest absolute Gasteiger partial charge is 0.507 e. The van der Waals surface area contributed by atoms with Crippen LogP contribution in [0.3, 0.4) is 0 Å². The molecule has 66 valence electrons. The van der Waals surface area contributed by atoms with Gasteiger partial charge in [0.1, 0.15) is 17.4 Å². The fourth-order valence-corrected chi connectivity index (χ4v) is 1.05. The van der Waals surface area contributed by atoms with Gasteiger partial charge in [-0.2, -0.15) is 5.26 Å². The molecule has 0 aliphatic rings. The minimum Gasteiger partial charge on any atom is -0.507 e. The Balaban J connectivity index is 3.50. The number of aromatic carboxylic acids is 1. The van der Waals surface area contributed by atoms with Gasteiger partial charge < -0.3 is 10.2 Å². The number of hydrogen-bond acceptors (Lipinski definition) is 3. The molecule has 0 amide bonds. The van der Waals surface area contributed by atoms with Gasteiger partial charge in [0.15, 0.2) is 0 Å². The third-order valence-electron chi connectivity index (χ3n) is 1.60. The van der Waals surface area contributed by atoms with E-state index in [-0.39, 0.29) is 16.9 Å². The van der Waals surface area contributed by atoms with E-state index in [0.29, 0.717) is 5.56 Å². The Morgan fingerprint density at radius 3 is 2.62 bits per heavy atom. The monoisotopic (exact) mass is 177 g/mol. The van der Waals surface area contributed by atoms with Crippen molar-refractivity contribution in [3.05, 3.63) is 28.8 Å². The van der Waals surface area contributed by atoms with E-state index in [2.05, 4.69) is 0 Å². The number of carboxylic acid groups (broad SMARTS) is 1. The maximum absolute atomic E-state index is 10.6.